The first-order chi connectivity index (χ1) is 7.69. The number of oxazole rings is 1. The maximum Gasteiger partial charge on any atom is 0.284 e. The number of nitrogens with one attached hydrogen (secondary N) is 1. The third kappa shape index (κ3) is 2.08. The van der Waals surface area contributed by atoms with Crippen LogP contribution in [0.3, 0.4) is 0 Å². The lowest BCUT2D eigenvalue weighted by Crippen LogP contribution is -2.23. The predicted molar refractivity (Wildman–Crippen MR) is 56.7 cm³/mol. The van der Waals surface area contributed by atoms with Gasteiger partial charge in [-0.05, 0) is 17.7 Å². The highest BCUT2D eigenvalue weighted by atomic mass is 16.3. The smallest absolute Gasteiger partial charge is 0.284 e. The number of rotatable bonds is 3. The highest BCUT2D eigenvalue weighted by Gasteiger charge is 2.04. The highest BCUT2D eigenvalue weighted by Crippen LogP contribution is 2.16. The lowest BCUT2D eigenvalue weighted by molar-refractivity contribution is -0.131. The lowest BCUT2D eigenvalue weighted by atomic mass is 10.2. The van der Waals surface area contributed by atoms with E-state index in [0.717, 1.165) is 11.1 Å². The SMILES string of the molecule is Cc1nc2cc(CNC(=O)C=O)ccc2o1. The Balaban J connectivity index is 2.19. The number of fused-ring (bicyclic) bond motifs is 1. The van der Waals surface area contributed by atoms with E-state index in [1.807, 2.05) is 12.1 Å². The van der Waals surface area contributed by atoms with Gasteiger partial charge in [-0.1, -0.05) is 6.07 Å². The third-order valence-electron chi connectivity index (χ3n) is 2.13. The monoisotopic (exact) mass is 218 g/mol. The highest BCUT2D eigenvalue weighted by molar-refractivity contribution is 6.23. The van der Waals surface area contributed by atoms with Crippen LogP contribution in [0.4, 0.5) is 0 Å². The Morgan fingerprint density at radius 3 is 3.12 bits per heavy atom. The molecule has 0 atom stereocenters. The van der Waals surface area contributed by atoms with E-state index in [-0.39, 0.29) is 6.29 Å². The van der Waals surface area contributed by atoms with E-state index < -0.39 is 5.91 Å². The Hall–Kier alpha value is -2.17. The summed E-state index contributed by atoms with van der Waals surface area (Å²) in [5.41, 5.74) is 2.33. The van der Waals surface area contributed by atoms with Gasteiger partial charge in [-0.15, -0.1) is 0 Å². The minimum Gasteiger partial charge on any atom is -0.441 e. The number of aryl methyl sites for hydroxylation is 1. The summed E-state index contributed by atoms with van der Waals surface area (Å²) in [6.07, 6.45) is 0.249. The second-order valence-corrected chi connectivity index (χ2v) is 3.37. The number of amides is 1. The summed E-state index contributed by atoms with van der Waals surface area (Å²) < 4.78 is 5.32. The molecule has 82 valence electrons. The van der Waals surface area contributed by atoms with Crippen LogP contribution in [0.5, 0.6) is 0 Å². The van der Waals surface area contributed by atoms with Gasteiger partial charge in [0.25, 0.3) is 5.91 Å². The Kier molecular flexibility index (Phi) is 2.68. The van der Waals surface area contributed by atoms with E-state index in [2.05, 4.69) is 10.3 Å². The van der Waals surface area contributed by atoms with Gasteiger partial charge in [0.05, 0.1) is 0 Å². The van der Waals surface area contributed by atoms with Crippen molar-refractivity contribution in [1.82, 2.24) is 10.3 Å². The molecule has 1 N–H and O–H groups in total. The predicted octanol–water partition coefficient (Wildman–Crippen LogP) is 0.951. The summed E-state index contributed by atoms with van der Waals surface area (Å²) in [5, 5.41) is 2.45. The van der Waals surface area contributed by atoms with Crippen molar-refractivity contribution in [3.63, 3.8) is 0 Å². The first kappa shape index (κ1) is 10.4. The zero-order valence-corrected chi connectivity index (χ0v) is 8.69. The molecule has 0 saturated carbocycles. The topological polar surface area (TPSA) is 72.2 Å². The number of hydrogen-bond donors (Lipinski definition) is 1. The van der Waals surface area contributed by atoms with Crippen molar-refractivity contribution < 1.29 is 14.0 Å². The molecular formula is C11H10N2O3. The van der Waals surface area contributed by atoms with Crippen LogP contribution in [0.25, 0.3) is 11.1 Å². The maximum absolute atomic E-state index is 10.7. The van der Waals surface area contributed by atoms with Crippen LogP contribution in [0.2, 0.25) is 0 Å². The molecule has 0 saturated heterocycles. The number of aromatic nitrogens is 1. The molecule has 5 nitrogen and oxygen atoms in total. The van der Waals surface area contributed by atoms with Gasteiger partial charge in [-0.2, -0.15) is 0 Å². The third-order valence-corrected chi connectivity index (χ3v) is 2.13. The minimum absolute atomic E-state index is 0.249. The van der Waals surface area contributed by atoms with Crippen LogP contribution >= 0.6 is 0 Å². The number of benzene rings is 1. The zero-order chi connectivity index (χ0) is 11.5. The lowest BCUT2D eigenvalue weighted by Gasteiger charge is -2.00. The van der Waals surface area contributed by atoms with Crippen LogP contribution in [-0.2, 0) is 16.1 Å². The fourth-order valence-electron chi connectivity index (χ4n) is 1.43. The van der Waals surface area contributed by atoms with Gasteiger partial charge in [0, 0.05) is 13.5 Å². The van der Waals surface area contributed by atoms with Gasteiger partial charge in [0.2, 0.25) is 6.29 Å². The van der Waals surface area contributed by atoms with Crippen molar-refractivity contribution in [1.29, 1.82) is 0 Å². The van der Waals surface area contributed by atoms with Crippen LogP contribution in [-0.4, -0.2) is 17.2 Å². The molecule has 0 spiro atoms. The summed E-state index contributed by atoms with van der Waals surface area (Å²) in [6.45, 7) is 2.08. The summed E-state index contributed by atoms with van der Waals surface area (Å²) in [7, 11) is 0. The minimum atomic E-state index is -0.628. The van der Waals surface area contributed by atoms with E-state index in [4.69, 9.17) is 4.42 Å². The van der Waals surface area contributed by atoms with E-state index >= 15 is 0 Å². The molecular weight excluding hydrogens is 208 g/mol. The van der Waals surface area contributed by atoms with Crippen molar-refractivity contribution >= 4 is 23.3 Å². The molecule has 1 heterocycles. The fraction of sp³-hybridized carbons (Fsp3) is 0.182. The molecule has 1 aromatic heterocycles. The molecule has 0 aliphatic rings. The molecule has 5 heteroatoms. The molecule has 1 amide bonds. The standard InChI is InChI=1S/C11H10N2O3/c1-7-13-9-4-8(2-3-10(9)16-7)5-12-11(15)6-14/h2-4,6H,5H2,1H3,(H,12,15). The van der Waals surface area contributed by atoms with Gasteiger partial charge in [0.1, 0.15) is 5.52 Å². The average Bonchev–Trinajstić information content (AvgIpc) is 2.65. The summed E-state index contributed by atoms with van der Waals surface area (Å²) in [6, 6.07) is 5.42. The normalized spacial score (nSPS) is 10.3. The molecule has 0 aliphatic carbocycles. The fourth-order valence-corrected chi connectivity index (χ4v) is 1.43. The van der Waals surface area contributed by atoms with Crippen molar-refractivity contribution in [3.8, 4) is 0 Å². The summed E-state index contributed by atoms with van der Waals surface area (Å²) in [5.74, 6) is -0.0273. The van der Waals surface area contributed by atoms with Crippen LogP contribution in [0.1, 0.15) is 11.5 Å². The van der Waals surface area contributed by atoms with E-state index in [1.54, 1.807) is 13.0 Å². The molecule has 2 rings (SSSR count). The summed E-state index contributed by atoms with van der Waals surface area (Å²) >= 11 is 0. The number of nitrogens with zero attached hydrogens (tertiary/aromatic N) is 1. The van der Waals surface area contributed by atoms with Crippen molar-refractivity contribution in [2.24, 2.45) is 0 Å². The van der Waals surface area contributed by atoms with E-state index in [1.165, 1.54) is 0 Å². The largest absolute Gasteiger partial charge is 0.441 e. The first-order valence-corrected chi connectivity index (χ1v) is 4.78. The molecule has 1 aromatic carbocycles. The number of carbonyl (C=O) groups is 2. The zero-order valence-electron chi connectivity index (χ0n) is 8.69. The average molecular weight is 218 g/mol. The number of carbonyl (C=O) groups excluding carboxylic acids is 2. The molecule has 0 fully saturated rings. The maximum atomic E-state index is 10.7. The van der Waals surface area contributed by atoms with Crippen molar-refractivity contribution in [2.75, 3.05) is 0 Å². The Morgan fingerprint density at radius 1 is 1.56 bits per heavy atom. The number of aldehydes is 1. The Bertz CT molecular complexity index is 545. The van der Waals surface area contributed by atoms with Gasteiger partial charge in [0.15, 0.2) is 11.5 Å². The molecule has 0 unspecified atom stereocenters. The Labute approximate surface area is 91.5 Å². The van der Waals surface area contributed by atoms with E-state index in [0.29, 0.717) is 18.0 Å². The van der Waals surface area contributed by atoms with Gasteiger partial charge in [-0.25, -0.2) is 4.98 Å². The first-order valence-electron chi connectivity index (χ1n) is 4.78. The molecule has 16 heavy (non-hydrogen) atoms. The number of hydrogen-bond acceptors (Lipinski definition) is 4. The van der Waals surface area contributed by atoms with Crippen LogP contribution < -0.4 is 5.32 Å². The second kappa shape index (κ2) is 4.14. The van der Waals surface area contributed by atoms with Gasteiger partial charge in [-0.3, -0.25) is 9.59 Å². The second-order valence-electron chi connectivity index (χ2n) is 3.37. The van der Waals surface area contributed by atoms with Crippen LogP contribution in [0, 0.1) is 6.92 Å². The van der Waals surface area contributed by atoms with E-state index in [9.17, 15) is 9.59 Å². The van der Waals surface area contributed by atoms with Crippen molar-refractivity contribution in [3.05, 3.63) is 29.7 Å². The van der Waals surface area contributed by atoms with Gasteiger partial charge < -0.3 is 9.73 Å². The van der Waals surface area contributed by atoms with Crippen LogP contribution in [0.15, 0.2) is 22.6 Å². The summed E-state index contributed by atoms with van der Waals surface area (Å²) in [4.78, 5) is 25.0. The molecule has 0 bridgehead atoms. The quantitative estimate of drug-likeness (QED) is 0.615. The molecule has 0 aliphatic heterocycles. The van der Waals surface area contributed by atoms with Crippen molar-refractivity contribution in [2.45, 2.75) is 13.5 Å². The molecule has 0 radical (unpaired) electrons. The molecule has 2 aromatic rings. The Morgan fingerprint density at radius 2 is 2.38 bits per heavy atom. The van der Waals surface area contributed by atoms with Gasteiger partial charge >= 0.3 is 0 Å².